The number of nitrogens with one attached hydrogen (secondary N) is 1. The lowest BCUT2D eigenvalue weighted by Crippen LogP contribution is -2.35. The number of nitrogens with zero attached hydrogens (tertiary/aromatic N) is 1. The van der Waals surface area contributed by atoms with Crippen LogP contribution in [-0.2, 0) is 20.9 Å². The van der Waals surface area contributed by atoms with Gasteiger partial charge in [0.05, 0.1) is 13.2 Å². The van der Waals surface area contributed by atoms with E-state index in [0.717, 1.165) is 27.3 Å². The van der Waals surface area contributed by atoms with E-state index in [1.807, 2.05) is 49.9 Å². The lowest BCUT2D eigenvalue weighted by molar-refractivity contribution is -0.138. The number of carboxylic acid groups (broad SMARTS) is 1. The Bertz CT molecular complexity index is 918. The Morgan fingerprint density at radius 3 is 2.22 bits per heavy atom. The highest BCUT2D eigenvalue weighted by atomic mass is 32.2. The highest BCUT2D eigenvalue weighted by Crippen LogP contribution is 2.32. The molecular formula is C25H34N2O4S. The Hall–Kier alpha value is -2.35. The zero-order valence-electron chi connectivity index (χ0n) is 19.8. The summed E-state index contributed by atoms with van der Waals surface area (Å²) in [7, 11) is 1.65. The van der Waals surface area contributed by atoms with Gasteiger partial charge in [-0.2, -0.15) is 0 Å². The van der Waals surface area contributed by atoms with Crippen LogP contribution < -0.4 is 5.32 Å². The van der Waals surface area contributed by atoms with Crippen LogP contribution in [0.3, 0.4) is 0 Å². The Morgan fingerprint density at radius 1 is 1.09 bits per heavy atom. The second kappa shape index (κ2) is 11.5. The molecule has 0 bridgehead atoms. The van der Waals surface area contributed by atoms with E-state index in [1.54, 1.807) is 21.0 Å². The zero-order valence-corrected chi connectivity index (χ0v) is 20.6. The van der Waals surface area contributed by atoms with E-state index in [9.17, 15) is 14.7 Å². The molecule has 0 atom stereocenters. The van der Waals surface area contributed by atoms with Crippen molar-refractivity contribution < 1.29 is 19.4 Å². The van der Waals surface area contributed by atoms with Crippen molar-refractivity contribution in [2.24, 2.45) is 0 Å². The summed E-state index contributed by atoms with van der Waals surface area (Å²) in [5.74, 6) is -0.908. The van der Waals surface area contributed by atoms with Gasteiger partial charge >= 0.3 is 5.97 Å². The number of aryl methyl sites for hydroxylation is 3. The molecule has 0 heterocycles. The predicted molar refractivity (Wildman–Crippen MR) is 130 cm³/mol. The molecule has 2 rings (SSSR count). The summed E-state index contributed by atoms with van der Waals surface area (Å²) in [5.41, 5.74) is 5.20. The maximum atomic E-state index is 12.8. The summed E-state index contributed by atoms with van der Waals surface area (Å²) < 4.78 is 4.33. The average Bonchev–Trinajstić information content (AvgIpc) is 2.70. The van der Waals surface area contributed by atoms with E-state index in [0.29, 0.717) is 19.7 Å². The molecule has 6 nitrogen and oxygen atoms in total. The topological polar surface area (TPSA) is 78.9 Å². The fraction of sp³-hybridized carbons (Fsp3) is 0.440. The van der Waals surface area contributed by atoms with Crippen molar-refractivity contribution in [3.63, 3.8) is 0 Å². The molecule has 0 fully saturated rings. The van der Waals surface area contributed by atoms with Crippen molar-refractivity contribution in [1.29, 1.82) is 0 Å². The SMILES string of the molecule is COCCN(CC(=O)Nc1c(C)cc(C)cc1C)Cc1ccc(SC(C)(C)C(=O)O)cc1. The van der Waals surface area contributed by atoms with Crippen LogP contribution in [0.2, 0.25) is 0 Å². The molecule has 0 aliphatic rings. The monoisotopic (exact) mass is 458 g/mol. The highest BCUT2D eigenvalue weighted by molar-refractivity contribution is 8.01. The standard InChI is InChI=1S/C25H34N2O4S/c1-17-13-18(2)23(19(3)14-17)26-22(28)16-27(11-12-31-6)15-20-7-9-21(10-8-20)32-25(4,5)24(29)30/h7-10,13-14H,11-12,15-16H2,1-6H3,(H,26,28)(H,29,30). The van der Waals surface area contributed by atoms with Crippen LogP contribution in [0, 0.1) is 20.8 Å². The second-order valence-electron chi connectivity index (χ2n) is 8.59. The van der Waals surface area contributed by atoms with E-state index in [2.05, 4.69) is 17.4 Å². The predicted octanol–water partition coefficient (Wildman–Crippen LogP) is 4.65. The number of hydrogen-bond donors (Lipinski definition) is 2. The average molecular weight is 459 g/mol. The molecule has 0 saturated carbocycles. The second-order valence-corrected chi connectivity index (χ2v) is 10.3. The maximum absolute atomic E-state index is 12.8. The molecule has 0 saturated heterocycles. The van der Waals surface area contributed by atoms with Crippen molar-refractivity contribution in [3.8, 4) is 0 Å². The first-order valence-electron chi connectivity index (χ1n) is 10.6. The molecule has 0 aliphatic carbocycles. The van der Waals surface area contributed by atoms with Crippen LogP contribution >= 0.6 is 11.8 Å². The Morgan fingerprint density at radius 2 is 1.69 bits per heavy atom. The Balaban J connectivity index is 2.05. The van der Waals surface area contributed by atoms with E-state index < -0.39 is 10.7 Å². The summed E-state index contributed by atoms with van der Waals surface area (Å²) in [6.07, 6.45) is 0. The molecule has 7 heteroatoms. The van der Waals surface area contributed by atoms with E-state index in [-0.39, 0.29) is 12.5 Å². The molecule has 32 heavy (non-hydrogen) atoms. The number of hydrogen-bond acceptors (Lipinski definition) is 5. The molecule has 2 N–H and O–H groups in total. The number of rotatable bonds is 11. The Kier molecular flexibility index (Phi) is 9.31. The third-order valence-electron chi connectivity index (χ3n) is 5.14. The van der Waals surface area contributed by atoms with Gasteiger partial charge in [-0.25, -0.2) is 0 Å². The van der Waals surface area contributed by atoms with Gasteiger partial charge in [0.15, 0.2) is 0 Å². The molecule has 174 valence electrons. The minimum absolute atomic E-state index is 0.0634. The van der Waals surface area contributed by atoms with Gasteiger partial charge in [0, 0.05) is 30.8 Å². The number of carbonyl (C=O) groups excluding carboxylic acids is 1. The van der Waals surface area contributed by atoms with Crippen molar-refractivity contribution >= 4 is 29.3 Å². The molecule has 0 aromatic heterocycles. The van der Waals surface area contributed by atoms with Crippen molar-refractivity contribution in [3.05, 3.63) is 58.7 Å². The number of benzene rings is 2. The first kappa shape index (κ1) is 25.9. The smallest absolute Gasteiger partial charge is 0.319 e. The molecule has 0 radical (unpaired) electrons. The fourth-order valence-corrected chi connectivity index (χ4v) is 4.40. The first-order valence-corrected chi connectivity index (χ1v) is 11.4. The summed E-state index contributed by atoms with van der Waals surface area (Å²) in [6.45, 7) is 11.4. The van der Waals surface area contributed by atoms with Crippen LogP contribution in [-0.4, -0.2) is 53.4 Å². The number of ether oxygens (including phenoxy) is 1. The molecular weight excluding hydrogens is 424 g/mol. The molecule has 1 amide bonds. The number of carbonyl (C=O) groups is 2. The molecule has 2 aromatic carbocycles. The number of methoxy groups -OCH3 is 1. The number of anilines is 1. The molecule has 0 aliphatic heterocycles. The van der Waals surface area contributed by atoms with Gasteiger partial charge in [-0.05, 0) is 63.4 Å². The van der Waals surface area contributed by atoms with Crippen molar-refractivity contribution in [2.45, 2.75) is 50.8 Å². The lowest BCUT2D eigenvalue weighted by atomic mass is 10.1. The normalized spacial score (nSPS) is 11.6. The quantitative estimate of drug-likeness (QED) is 0.477. The van der Waals surface area contributed by atoms with Gasteiger partial charge in [0.2, 0.25) is 5.91 Å². The van der Waals surface area contributed by atoms with E-state index >= 15 is 0 Å². The highest BCUT2D eigenvalue weighted by Gasteiger charge is 2.28. The van der Waals surface area contributed by atoms with E-state index in [4.69, 9.17) is 4.74 Å². The summed E-state index contributed by atoms with van der Waals surface area (Å²) in [6, 6.07) is 11.9. The van der Waals surface area contributed by atoms with Gasteiger partial charge in [-0.1, -0.05) is 29.8 Å². The van der Waals surface area contributed by atoms with Crippen molar-refractivity contribution in [1.82, 2.24) is 4.90 Å². The largest absolute Gasteiger partial charge is 0.480 e. The number of aliphatic carboxylic acids is 1. The third-order valence-corrected chi connectivity index (χ3v) is 6.33. The zero-order chi connectivity index (χ0) is 23.9. The van der Waals surface area contributed by atoms with Crippen LogP contribution in [0.15, 0.2) is 41.3 Å². The van der Waals surface area contributed by atoms with E-state index in [1.165, 1.54) is 17.3 Å². The summed E-state index contributed by atoms with van der Waals surface area (Å²) in [4.78, 5) is 27.1. The minimum atomic E-state index is -0.893. The molecule has 2 aromatic rings. The number of amides is 1. The van der Waals surface area contributed by atoms with Crippen molar-refractivity contribution in [2.75, 3.05) is 32.1 Å². The molecule has 0 spiro atoms. The summed E-state index contributed by atoms with van der Waals surface area (Å²) >= 11 is 1.31. The minimum Gasteiger partial charge on any atom is -0.480 e. The third kappa shape index (κ3) is 7.65. The maximum Gasteiger partial charge on any atom is 0.319 e. The van der Waals surface area contributed by atoms with Crippen LogP contribution in [0.1, 0.15) is 36.1 Å². The first-order chi connectivity index (χ1) is 15.0. The van der Waals surface area contributed by atoms with Gasteiger partial charge in [0.25, 0.3) is 0 Å². The van der Waals surface area contributed by atoms with Gasteiger partial charge in [-0.3, -0.25) is 14.5 Å². The van der Waals surface area contributed by atoms with Gasteiger partial charge < -0.3 is 15.2 Å². The van der Waals surface area contributed by atoms with Crippen LogP contribution in [0.25, 0.3) is 0 Å². The van der Waals surface area contributed by atoms with Gasteiger partial charge in [0.1, 0.15) is 4.75 Å². The molecule has 0 unspecified atom stereocenters. The summed E-state index contributed by atoms with van der Waals surface area (Å²) in [5, 5.41) is 12.4. The fourth-order valence-electron chi connectivity index (χ4n) is 3.45. The van der Waals surface area contributed by atoms with Crippen LogP contribution in [0.4, 0.5) is 5.69 Å². The number of thioether (sulfide) groups is 1. The lowest BCUT2D eigenvalue weighted by Gasteiger charge is -2.23. The van der Waals surface area contributed by atoms with Gasteiger partial charge in [-0.15, -0.1) is 11.8 Å². The van der Waals surface area contributed by atoms with Crippen LogP contribution in [0.5, 0.6) is 0 Å². The number of carboxylic acids is 1. The Labute approximate surface area is 195 Å².